The van der Waals surface area contributed by atoms with Crippen molar-refractivity contribution in [1.29, 1.82) is 0 Å². The lowest BCUT2D eigenvalue weighted by molar-refractivity contribution is 0.1000. The Morgan fingerprint density at radius 1 is 0.912 bits per heavy atom. The van der Waals surface area contributed by atoms with Crippen LogP contribution in [0.2, 0.25) is 0 Å². The Morgan fingerprint density at radius 3 is 2.38 bits per heavy atom. The average molecular weight is 449 g/mol. The number of carbonyl (C=O) groups is 1. The largest absolute Gasteiger partial charge is 0.436 e. The Balaban J connectivity index is 1.55. The van der Waals surface area contributed by atoms with E-state index in [1.807, 2.05) is 48.5 Å². The minimum atomic E-state index is -0.397. The van der Waals surface area contributed by atoms with Gasteiger partial charge in [-0.25, -0.2) is 4.98 Å². The predicted molar refractivity (Wildman–Crippen MR) is 136 cm³/mol. The van der Waals surface area contributed by atoms with E-state index in [9.17, 15) is 4.79 Å². The average Bonchev–Trinajstić information content (AvgIpc) is 3.19. The Hall–Kier alpha value is -3.92. The number of nitrogens with two attached hydrogens (primary N) is 1. The van der Waals surface area contributed by atoms with E-state index in [4.69, 9.17) is 15.1 Å². The van der Waals surface area contributed by atoms with Gasteiger partial charge in [0.2, 0.25) is 11.8 Å². The summed E-state index contributed by atoms with van der Waals surface area (Å²) in [7, 11) is 0. The third-order valence-corrected chi connectivity index (χ3v) is 6.46. The summed E-state index contributed by atoms with van der Waals surface area (Å²) in [4.78, 5) is 16.7. The van der Waals surface area contributed by atoms with Crippen molar-refractivity contribution in [3.8, 4) is 22.6 Å². The van der Waals surface area contributed by atoms with Crippen LogP contribution in [0.3, 0.4) is 0 Å². The molecule has 0 spiro atoms. The monoisotopic (exact) mass is 448 g/mol. The van der Waals surface area contributed by atoms with E-state index in [1.165, 1.54) is 0 Å². The lowest BCUT2D eigenvalue weighted by Gasteiger charge is -2.17. The molecule has 0 saturated heterocycles. The van der Waals surface area contributed by atoms with Gasteiger partial charge in [0.15, 0.2) is 5.76 Å². The van der Waals surface area contributed by atoms with Crippen LogP contribution in [0.25, 0.3) is 28.2 Å². The zero-order valence-electron chi connectivity index (χ0n) is 19.1. The summed E-state index contributed by atoms with van der Waals surface area (Å²) in [5.41, 5.74) is 11.2. The second kappa shape index (κ2) is 9.92. The molecule has 1 heterocycles. The summed E-state index contributed by atoms with van der Waals surface area (Å²) in [6.07, 6.45) is 7.48. The summed E-state index contributed by atoms with van der Waals surface area (Å²) < 4.78 is 6.53. The summed E-state index contributed by atoms with van der Waals surface area (Å²) in [5.74, 6) is 1.35. The highest BCUT2D eigenvalue weighted by atomic mass is 16.4. The highest BCUT2D eigenvalue weighted by Crippen LogP contribution is 2.39. The highest BCUT2D eigenvalue weighted by Gasteiger charge is 2.25. The van der Waals surface area contributed by atoms with Gasteiger partial charge in [0.05, 0.1) is 0 Å². The summed E-state index contributed by atoms with van der Waals surface area (Å²) in [5, 5.41) is 0. The molecule has 170 valence electrons. The molecule has 1 aromatic heterocycles. The topological polar surface area (TPSA) is 69.1 Å². The number of carbonyl (C=O) groups excluding carboxylic acids is 1. The van der Waals surface area contributed by atoms with Crippen LogP contribution < -0.4 is 5.73 Å². The molecule has 0 saturated carbocycles. The number of allylic oxidation sites excluding steroid dienone is 2. The lowest BCUT2D eigenvalue weighted by atomic mass is 9.88. The van der Waals surface area contributed by atoms with Crippen LogP contribution in [0.5, 0.6) is 0 Å². The molecule has 1 aliphatic carbocycles. The number of oxazole rings is 1. The van der Waals surface area contributed by atoms with Crippen molar-refractivity contribution in [2.75, 3.05) is 0 Å². The van der Waals surface area contributed by atoms with Crippen molar-refractivity contribution >= 4 is 11.5 Å². The smallest absolute Gasteiger partial charge is 0.248 e. The van der Waals surface area contributed by atoms with Crippen molar-refractivity contribution in [3.63, 3.8) is 0 Å². The number of hydrogen-bond donors (Lipinski definition) is 1. The van der Waals surface area contributed by atoms with Crippen molar-refractivity contribution in [2.45, 2.75) is 32.1 Å². The van der Waals surface area contributed by atoms with Gasteiger partial charge in [-0.3, -0.25) is 4.79 Å². The predicted octanol–water partition coefficient (Wildman–Crippen LogP) is 6.92. The first-order valence-corrected chi connectivity index (χ1v) is 11.9. The molecular weight excluding hydrogens is 420 g/mol. The van der Waals surface area contributed by atoms with Crippen LogP contribution in [0, 0.1) is 5.92 Å². The van der Waals surface area contributed by atoms with Gasteiger partial charge >= 0.3 is 0 Å². The quantitative estimate of drug-likeness (QED) is 0.348. The standard InChI is InChI=1S/C30H28N2O2/c31-29(33)25-17-10-11-21(20-25)19-24-16-8-3-9-18-26(24)30-32-27(22-12-4-1-5-13-22)28(34-30)23-14-6-2-7-15-23/h1-2,4-7,10-15,17-18,20,24H,3,8-9,16,19H2,(H2,31,33). The fourth-order valence-corrected chi connectivity index (χ4v) is 4.75. The van der Waals surface area contributed by atoms with E-state index in [-0.39, 0.29) is 5.92 Å². The second-order valence-electron chi connectivity index (χ2n) is 8.84. The number of hydrogen-bond acceptors (Lipinski definition) is 3. The van der Waals surface area contributed by atoms with E-state index in [0.717, 1.165) is 65.8 Å². The SMILES string of the molecule is NC(=O)c1cccc(CC2CCCCC=C2c2nc(-c3ccccc3)c(-c3ccccc3)o2)c1. The van der Waals surface area contributed by atoms with Gasteiger partial charge in [-0.15, -0.1) is 0 Å². The summed E-state index contributed by atoms with van der Waals surface area (Å²) in [6, 6.07) is 28.0. The maximum absolute atomic E-state index is 11.7. The van der Waals surface area contributed by atoms with E-state index >= 15 is 0 Å². The Morgan fingerprint density at radius 2 is 1.65 bits per heavy atom. The Labute approximate surface area is 200 Å². The zero-order valence-corrected chi connectivity index (χ0v) is 19.1. The molecular formula is C30H28N2O2. The summed E-state index contributed by atoms with van der Waals surface area (Å²) in [6.45, 7) is 0. The van der Waals surface area contributed by atoms with Crippen LogP contribution in [0.4, 0.5) is 0 Å². The number of benzene rings is 3. The third kappa shape index (κ3) is 4.72. The Bertz CT molecular complexity index is 1250. The van der Waals surface area contributed by atoms with Gasteiger partial charge in [-0.05, 0) is 49.3 Å². The number of nitrogens with zero attached hydrogens (tertiary/aromatic N) is 1. The van der Waals surface area contributed by atoms with Crippen LogP contribution in [0.15, 0.2) is 95.4 Å². The molecule has 34 heavy (non-hydrogen) atoms. The number of aromatic nitrogens is 1. The molecule has 0 aliphatic heterocycles. The number of amides is 1. The minimum Gasteiger partial charge on any atom is -0.436 e. The molecule has 1 amide bonds. The maximum Gasteiger partial charge on any atom is 0.248 e. The molecule has 4 heteroatoms. The molecule has 2 N–H and O–H groups in total. The van der Waals surface area contributed by atoms with Crippen LogP contribution in [-0.4, -0.2) is 10.9 Å². The van der Waals surface area contributed by atoms with E-state index in [1.54, 1.807) is 6.07 Å². The third-order valence-electron chi connectivity index (χ3n) is 6.46. The number of primary amides is 1. The molecule has 0 fully saturated rings. The van der Waals surface area contributed by atoms with Crippen molar-refractivity contribution in [1.82, 2.24) is 4.98 Å². The van der Waals surface area contributed by atoms with Crippen molar-refractivity contribution in [3.05, 3.63) is 108 Å². The first-order valence-electron chi connectivity index (χ1n) is 11.9. The van der Waals surface area contributed by atoms with Gasteiger partial charge in [-0.1, -0.05) is 85.3 Å². The number of rotatable bonds is 6. The zero-order chi connectivity index (χ0) is 23.3. The van der Waals surface area contributed by atoms with E-state index < -0.39 is 5.91 Å². The molecule has 1 atom stereocenters. The minimum absolute atomic E-state index is 0.261. The summed E-state index contributed by atoms with van der Waals surface area (Å²) >= 11 is 0. The molecule has 0 radical (unpaired) electrons. The molecule has 3 aromatic carbocycles. The second-order valence-corrected chi connectivity index (χ2v) is 8.84. The Kier molecular flexibility index (Phi) is 6.39. The molecule has 4 nitrogen and oxygen atoms in total. The van der Waals surface area contributed by atoms with Crippen molar-refractivity contribution in [2.24, 2.45) is 11.7 Å². The molecule has 1 unspecified atom stereocenters. The molecule has 4 aromatic rings. The highest BCUT2D eigenvalue weighted by molar-refractivity contribution is 5.92. The van der Waals surface area contributed by atoms with Crippen LogP contribution in [0.1, 0.15) is 47.5 Å². The van der Waals surface area contributed by atoms with Crippen LogP contribution in [-0.2, 0) is 6.42 Å². The van der Waals surface area contributed by atoms with Gasteiger partial charge < -0.3 is 10.2 Å². The van der Waals surface area contributed by atoms with Crippen molar-refractivity contribution < 1.29 is 9.21 Å². The maximum atomic E-state index is 11.7. The van der Waals surface area contributed by atoms with Gasteiger partial charge in [0, 0.05) is 22.3 Å². The fraction of sp³-hybridized carbons (Fsp3) is 0.200. The normalized spacial score (nSPS) is 16.0. The van der Waals surface area contributed by atoms with Gasteiger partial charge in [-0.2, -0.15) is 0 Å². The van der Waals surface area contributed by atoms with Gasteiger partial charge in [0.1, 0.15) is 5.69 Å². The molecule has 1 aliphatic rings. The first kappa shape index (κ1) is 21.9. The molecule has 5 rings (SSSR count). The van der Waals surface area contributed by atoms with E-state index in [2.05, 4.69) is 36.4 Å². The fourth-order valence-electron chi connectivity index (χ4n) is 4.75. The van der Waals surface area contributed by atoms with Crippen LogP contribution >= 0.6 is 0 Å². The van der Waals surface area contributed by atoms with Gasteiger partial charge in [0.25, 0.3) is 0 Å². The lowest BCUT2D eigenvalue weighted by Crippen LogP contribution is -2.12. The first-order chi connectivity index (χ1) is 16.7. The molecule has 0 bridgehead atoms. The van der Waals surface area contributed by atoms with E-state index in [0.29, 0.717) is 11.5 Å².